The van der Waals surface area contributed by atoms with Crippen molar-refractivity contribution < 1.29 is 0 Å². The third kappa shape index (κ3) is 1.45. The van der Waals surface area contributed by atoms with Gasteiger partial charge in [-0.2, -0.15) is 0 Å². The van der Waals surface area contributed by atoms with Crippen molar-refractivity contribution >= 4 is 23.1 Å². The predicted molar refractivity (Wildman–Crippen MR) is 64.1 cm³/mol. The summed E-state index contributed by atoms with van der Waals surface area (Å²) in [6.45, 7) is 0. The van der Waals surface area contributed by atoms with Gasteiger partial charge in [0.05, 0.1) is 5.69 Å². The molecule has 0 aliphatic heterocycles. The Hall–Kier alpha value is -1.29. The maximum absolute atomic E-state index is 5.94. The molecule has 0 saturated heterocycles. The van der Waals surface area contributed by atoms with E-state index in [1.165, 1.54) is 19.3 Å². The Bertz CT molecular complexity index is 530. The van der Waals surface area contributed by atoms with Gasteiger partial charge in [0, 0.05) is 25.4 Å². The SMILES string of the molecule is CNc1nc(Cl)cn2cc(C3CCC3)nc12. The highest BCUT2D eigenvalue weighted by atomic mass is 35.5. The largest absolute Gasteiger partial charge is 0.370 e. The summed E-state index contributed by atoms with van der Waals surface area (Å²) in [5.74, 6) is 1.36. The van der Waals surface area contributed by atoms with Gasteiger partial charge in [-0.3, -0.25) is 0 Å². The number of anilines is 1. The molecule has 1 N–H and O–H groups in total. The molecule has 2 aromatic rings. The van der Waals surface area contributed by atoms with E-state index < -0.39 is 0 Å². The van der Waals surface area contributed by atoms with E-state index in [9.17, 15) is 0 Å². The first kappa shape index (κ1) is 9.90. The van der Waals surface area contributed by atoms with E-state index in [2.05, 4.69) is 21.5 Å². The van der Waals surface area contributed by atoms with Crippen LogP contribution in [0.2, 0.25) is 5.15 Å². The third-order valence-electron chi connectivity index (χ3n) is 3.19. The van der Waals surface area contributed by atoms with Crippen molar-refractivity contribution in [3.05, 3.63) is 23.2 Å². The molecule has 1 saturated carbocycles. The van der Waals surface area contributed by atoms with Gasteiger partial charge >= 0.3 is 0 Å². The van der Waals surface area contributed by atoms with E-state index in [1.54, 1.807) is 6.20 Å². The molecule has 84 valence electrons. The van der Waals surface area contributed by atoms with Crippen molar-refractivity contribution in [1.82, 2.24) is 14.4 Å². The first-order valence-electron chi connectivity index (χ1n) is 5.51. The Morgan fingerprint density at radius 3 is 2.81 bits per heavy atom. The van der Waals surface area contributed by atoms with Crippen LogP contribution in [-0.4, -0.2) is 21.4 Å². The van der Waals surface area contributed by atoms with E-state index in [-0.39, 0.29) is 0 Å². The molecule has 1 aliphatic rings. The van der Waals surface area contributed by atoms with Crippen LogP contribution in [0, 0.1) is 0 Å². The zero-order valence-electron chi connectivity index (χ0n) is 9.07. The van der Waals surface area contributed by atoms with Crippen LogP contribution in [0.4, 0.5) is 5.82 Å². The lowest BCUT2D eigenvalue weighted by Gasteiger charge is -2.22. The summed E-state index contributed by atoms with van der Waals surface area (Å²) in [5, 5.41) is 3.50. The average Bonchev–Trinajstić information content (AvgIpc) is 2.56. The fourth-order valence-corrected chi connectivity index (χ4v) is 2.24. The number of imidazole rings is 1. The van der Waals surface area contributed by atoms with Gasteiger partial charge in [0.2, 0.25) is 0 Å². The molecule has 0 atom stereocenters. The normalized spacial score (nSPS) is 16.4. The fraction of sp³-hybridized carbons (Fsp3) is 0.455. The van der Waals surface area contributed by atoms with E-state index in [4.69, 9.17) is 11.6 Å². The molecule has 16 heavy (non-hydrogen) atoms. The van der Waals surface area contributed by atoms with Gasteiger partial charge in [-0.15, -0.1) is 0 Å². The molecule has 0 amide bonds. The molecule has 5 heteroatoms. The third-order valence-corrected chi connectivity index (χ3v) is 3.37. The summed E-state index contributed by atoms with van der Waals surface area (Å²) < 4.78 is 1.95. The minimum absolute atomic E-state index is 0.481. The van der Waals surface area contributed by atoms with Crippen LogP contribution in [0.1, 0.15) is 30.9 Å². The van der Waals surface area contributed by atoms with Crippen LogP contribution >= 0.6 is 11.6 Å². The number of nitrogens with one attached hydrogen (secondary N) is 1. The van der Waals surface area contributed by atoms with Gasteiger partial charge in [0.15, 0.2) is 11.5 Å². The second-order valence-corrected chi connectivity index (χ2v) is 4.57. The highest BCUT2D eigenvalue weighted by molar-refractivity contribution is 6.29. The average molecular weight is 237 g/mol. The summed E-state index contributed by atoms with van der Waals surface area (Å²) in [5.41, 5.74) is 2.01. The summed E-state index contributed by atoms with van der Waals surface area (Å²) >= 11 is 5.94. The van der Waals surface area contributed by atoms with Crippen LogP contribution in [0.25, 0.3) is 5.65 Å². The number of hydrogen-bond donors (Lipinski definition) is 1. The minimum atomic E-state index is 0.481. The number of hydrogen-bond acceptors (Lipinski definition) is 3. The fourth-order valence-electron chi connectivity index (χ4n) is 2.06. The van der Waals surface area contributed by atoms with Crippen molar-refractivity contribution in [3.63, 3.8) is 0 Å². The number of halogens is 1. The lowest BCUT2D eigenvalue weighted by molar-refractivity contribution is 0.412. The Morgan fingerprint density at radius 1 is 1.38 bits per heavy atom. The summed E-state index contributed by atoms with van der Waals surface area (Å²) in [7, 11) is 1.83. The maximum Gasteiger partial charge on any atom is 0.180 e. The van der Waals surface area contributed by atoms with E-state index in [0.29, 0.717) is 11.1 Å². The molecule has 4 nitrogen and oxygen atoms in total. The summed E-state index contributed by atoms with van der Waals surface area (Å²) in [6, 6.07) is 0. The number of nitrogens with zero attached hydrogens (tertiary/aromatic N) is 3. The van der Waals surface area contributed by atoms with E-state index in [0.717, 1.165) is 17.2 Å². The zero-order chi connectivity index (χ0) is 11.1. The smallest absolute Gasteiger partial charge is 0.180 e. The van der Waals surface area contributed by atoms with Crippen LogP contribution in [-0.2, 0) is 0 Å². The van der Waals surface area contributed by atoms with Gasteiger partial charge in [0.25, 0.3) is 0 Å². The molecule has 3 rings (SSSR count). The monoisotopic (exact) mass is 236 g/mol. The van der Waals surface area contributed by atoms with Gasteiger partial charge in [-0.1, -0.05) is 18.0 Å². The summed E-state index contributed by atoms with van der Waals surface area (Å²) in [4.78, 5) is 8.83. The Balaban J connectivity index is 2.15. The Labute approximate surface area is 98.7 Å². The molecule has 0 bridgehead atoms. The van der Waals surface area contributed by atoms with Gasteiger partial charge in [-0.25, -0.2) is 9.97 Å². The zero-order valence-corrected chi connectivity index (χ0v) is 9.83. The summed E-state index contributed by atoms with van der Waals surface area (Å²) in [6.07, 6.45) is 7.68. The van der Waals surface area contributed by atoms with Crippen molar-refractivity contribution in [2.75, 3.05) is 12.4 Å². The second-order valence-electron chi connectivity index (χ2n) is 4.19. The molecule has 1 aliphatic carbocycles. The number of aromatic nitrogens is 3. The maximum atomic E-state index is 5.94. The minimum Gasteiger partial charge on any atom is -0.370 e. The van der Waals surface area contributed by atoms with E-state index >= 15 is 0 Å². The van der Waals surface area contributed by atoms with Crippen LogP contribution in [0.3, 0.4) is 0 Å². The number of rotatable bonds is 2. The molecule has 0 radical (unpaired) electrons. The lowest BCUT2D eigenvalue weighted by Crippen LogP contribution is -2.08. The highest BCUT2D eigenvalue weighted by Crippen LogP contribution is 2.36. The van der Waals surface area contributed by atoms with Crippen molar-refractivity contribution in [1.29, 1.82) is 0 Å². The van der Waals surface area contributed by atoms with Crippen LogP contribution in [0.5, 0.6) is 0 Å². The van der Waals surface area contributed by atoms with E-state index in [1.807, 2.05) is 11.4 Å². The molecule has 2 heterocycles. The Morgan fingerprint density at radius 2 is 2.19 bits per heavy atom. The van der Waals surface area contributed by atoms with Gasteiger partial charge in [0.1, 0.15) is 5.15 Å². The molecular weight excluding hydrogens is 224 g/mol. The molecule has 2 aromatic heterocycles. The number of fused-ring (bicyclic) bond motifs is 1. The van der Waals surface area contributed by atoms with Crippen molar-refractivity contribution in [3.8, 4) is 0 Å². The van der Waals surface area contributed by atoms with Gasteiger partial charge in [-0.05, 0) is 12.8 Å². The molecule has 1 fully saturated rings. The standard InChI is InChI=1S/C11H13ClN4/c1-13-10-11-14-8(7-3-2-4-7)5-16(11)6-9(12)15-10/h5-7H,2-4H2,1H3,(H,13,15). The first-order chi connectivity index (χ1) is 7.78. The van der Waals surface area contributed by atoms with Crippen LogP contribution in [0.15, 0.2) is 12.4 Å². The van der Waals surface area contributed by atoms with Crippen molar-refractivity contribution in [2.45, 2.75) is 25.2 Å². The molecule has 0 aromatic carbocycles. The Kier molecular flexibility index (Phi) is 2.24. The van der Waals surface area contributed by atoms with Crippen molar-refractivity contribution in [2.24, 2.45) is 0 Å². The quantitative estimate of drug-likeness (QED) is 0.872. The highest BCUT2D eigenvalue weighted by Gasteiger charge is 2.22. The topological polar surface area (TPSA) is 42.2 Å². The lowest BCUT2D eigenvalue weighted by atomic mass is 9.83. The first-order valence-corrected chi connectivity index (χ1v) is 5.88. The van der Waals surface area contributed by atoms with Crippen LogP contribution < -0.4 is 5.32 Å². The second kappa shape index (κ2) is 3.63. The van der Waals surface area contributed by atoms with Gasteiger partial charge < -0.3 is 9.72 Å². The molecular formula is C11H13ClN4. The molecule has 0 unspecified atom stereocenters. The predicted octanol–water partition coefficient (Wildman–Crippen LogP) is 2.69. The molecule has 0 spiro atoms.